The summed E-state index contributed by atoms with van der Waals surface area (Å²) in [4.78, 5) is 39.5. The van der Waals surface area contributed by atoms with Gasteiger partial charge in [0.1, 0.15) is 6.04 Å². The number of urea groups is 1. The third-order valence-corrected chi connectivity index (χ3v) is 5.31. The van der Waals surface area contributed by atoms with E-state index in [4.69, 9.17) is 0 Å². The van der Waals surface area contributed by atoms with Gasteiger partial charge in [-0.2, -0.15) is 0 Å². The Balaban J connectivity index is 2.01. The number of hydrogen-bond acceptors (Lipinski definition) is 4. The van der Waals surface area contributed by atoms with Gasteiger partial charge < -0.3 is 20.9 Å². The van der Waals surface area contributed by atoms with Crippen LogP contribution in [0.2, 0.25) is 0 Å². The number of thiophene rings is 1. The fourth-order valence-corrected chi connectivity index (χ4v) is 3.70. The topological polar surface area (TPSA) is 90.5 Å². The lowest BCUT2D eigenvalue weighted by Gasteiger charge is -2.36. The summed E-state index contributed by atoms with van der Waals surface area (Å²) in [5, 5.41) is 10.4. The van der Waals surface area contributed by atoms with E-state index in [-0.39, 0.29) is 29.8 Å². The third kappa shape index (κ3) is 6.09. The molecule has 4 amide bonds. The van der Waals surface area contributed by atoms with E-state index in [9.17, 15) is 14.4 Å². The molecule has 1 aliphatic heterocycles. The molecule has 0 bridgehead atoms. The van der Waals surface area contributed by atoms with Crippen molar-refractivity contribution in [1.82, 2.24) is 20.9 Å². The summed E-state index contributed by atoms with van der Waals surface area (Å²) in [5.41, 5.74) is 0. The van der Waals surface area contributed by atoms with Crippen molar-refractivity contribution >= 4 is 29.2 Å². The molecule has 2 heterocycles. The van der Waals surface area contributed by atoms with Gasteiger partial charge in [0.2, 0.25) is 5.91 Å². The first-order valence-corrected chi connectivity index (χ1v) is 10.1. The van der Waals surface area contributed by atoms with Crippen molar-refractivity contribution in [3.05, 3.63) is 35.0 Å². The minimum atomic E-state index is -0.630. The predicted molar refractivity (Wildman–Crippen MR) is 107 cm³/mol. The van der Waals surface area contributed by atoms with E-state index >= 15 is 0 Å². The first-order chi connectivity index (χ1) is 12.9. The molecule has 0 spiro atoms. The fourth-order valence-electron chi connectivity index (χ4n) is 3.07. The molecule has 1 fully saturated rings. The average Bonchev–Trinajstić information content (AvgIpc) is 3.18. The normalized spacial score (nSPS) is 15.9. The van der Waals surface area contributed by atoms with Crippen LogP contribution in [0.4, 0.5) is 4.79 Å². The summed E-state index contributed by atoms with van der Waals surface area (Å²) >= 11 is 1.34. The van der Waals surface area contributed by atoms with Gasteiger partial charge in [-0.25, -0.2) is 4.79 Å². The second-order valence-corrected chi connectivity index (χ2v) is 7.84. The van der Waals surface area contributed by atoms with Gasteiger partial charge in [-0.1, -0.05) is 12.1 Å². The largest absolute Gasteiger partial charge is 0.351 e. The van der Waals surface area contributed by atoms with Crippen LogP contribution in [0.15, 0.2) is 30.2 Å². The summed E-state index contributed by atoms with van der Waals surface area (Å²) in [6.45, 7) is 8.91. The second-order valence-electron chi connectivity index (χ2n) is 6.89. The van der Waals surface area contributed by atoms with Crippen LogP contribution in [0.3, 0.4) is 0 Å². The van der Waals surface area contributed by atoms with Crippen LogP contribution in [-0.2, 0) is 4.79 Å². The molecule has 7 nitrogen and oxygen atoms in total. The van der Waals surface area contributed by atoms with Gasteiger partial charge in [-0.3, -0.25) is 9.59 Å². The molecule has 0 radical (unpaired) electrons. The van der Waals surface area contributed by atoms with E-state index in [1.54, 1.807) is 23.1 Å². The smallest absolute Gasteiger partial charge is 0.317 e. The predicted octanol–water partition coefficient (Wildman–Crippen LogP) is 1.98. The molecule has 1 aliphatic rings. The van der Waals surface area contributed by atoms with Gasteiger partial charge in [0, 0.05) is 25.7 Å². The van der Waals surface area contributed by atoms with Crippen molar-refractivity contribution in [2.75, 3.05) is 19.6 Å². The average molecular weight is 393 g/mol. The Morgan fingerprint density at radius 2 is 2.00 bits per heavy atom. The highest BCUT2D eigenvalue weighted by molar-refractivity contribution is 7.12. The highest BCUT2D eigenvalue weighted by Crippen LogP contribution is 2.22. The van der Waals surface area contributed by atoms with Crippen molar-refractivity contribution in [1.29, 1.82) is 0 Å². The van der Waals surface area contributed by atoms with Gasteiger partial charge in [-0.05, 0) is 44.1 Å². The SMILES string of the molecule is C=CCNC(=O)[C@@H](NC(=O)c1cccs1)C1CCN(C(=O)NC(C)C)CC1. The Labute approximate surface area is 164 Å². The highest BCUT2D eigenvalue weighted by atomic mass is 32.1. The molecule has 1 aromatic rings. The Kier molecular flexibility index (Phi) is 7.84. The third-order valence-electron chi connectivity index (χ3n) is 4.45. The van der Waals surface area contributed by atoms with E-state index in [2.05, 4.69) is 22.5 Å². The maximum Gasteiger partial charge on any atom is 0.317 e. The Bertz CT molecular complexity index is 652. The maximum atomic E-state index is 12.6. The molecular weight excluding hydrogens is 364 g/mol. The number of nitrogens with one attached hydrogen (secondary N) is 3. The lowest BCUT2D eigenvalue weighted by atomic mass is 9.88. The van der Waals surface area contributed by atoms with Crippen LogP contribution < -0.4 is 16.0 Å². The summed E-state index contributed by atoms with van der Waals surface area (Å²) in [6.07, 6.45) is 2.92. The van der Waals surface area contributed by atoms with Crippen molar-refractivity contribution in [2.24, 2.45) is 5.92 Å². The van der Waals surface area contributed by atoms with Crippen molar-refractivity contribution in [3.63, 3.8) is 0 Å². The lowest BCUT2D eigenvalue weighted by Crippen LogP contribution is -2.54. The van der Waals surface area contributed by atoms with E-state index in [0.29, 0.717) is 37.4 Å². The first kappa shape index (κ1) is 21.0. The first-order valence-electron chi connectivity index (χ1n) is 9.20. The summed E-state index contributed by atoms with van der Waals surface area (Å²) in [6, 6.07) is 2.90. The molecule has 148 valence electrons. The van der Waals surface area contributed by atoms with E-state index < -0.39 is 6.04 Å². The van der Waals surface area contributed by atoms with Crippen molar-refractivity contribution in [2.45, 2.75) is 38.8 Å². The minimum Gasteiger partial charge on any atom is -0.351 e. The molecule has 27 heavy (non-hydrogen) atoms. The van der Waals surface area contributed by atoms with E-state index in [1.807, 2.05) is 19.2 Å². The molecule has 1 aromatic heterocycles. The Morgan fingerprint density at radius 3 is 2.56 bits per heavy atom. The summed E-state index contributed by atoms with van der Waals surface area (Å²) < 4.78 is 0. The van der Waals surface area contributed by atoms with Gasteiger partial charge in [0.15, 0.2) is 0 Å². The zero-order valence-electron chi connectivity index (χ0n) is 15.9. The van der Waals surface area contributed by atoms with Crippen LogP contribution in [0.1, 0.15) is 36.4 Å². The monoisotopic (exact) mass is 392 g/mol. The lowest BCUT2D eigenvalue weighted by molar-refractivity contribution is -0.124. The summed E-state index contributed by atoms with van der Waals surface area (Å²) in [7, 11) is 0. The summed E-state index contributed by atoms with van der Waals surface area (Å²) in [5.74, 6) is -0.490. The number of hydrogen-bond donors (Lipinski definition) is 3. The van der Waals surface area contributed by atoms with Crippen molar-refractivity contribution < 1.29 is 14.4 Å². The molecule has 0 unspecified atom stereocenters. The van der Waals surface area contributed by atoms with Crippen LogP contribution in [0.25, 0.3) is 0 Å². The van der Waals surface area contributed by atoms with Crippen LogP contribution in [0, 0.1) is 5.92 Å². The molecule has 1 atom stereocenters. The number of amides is 4. The zero-order valence-corrected chi connectivity index (χ0v) is 16.7. The van der Waals surface area contributed by atoms with E-state index in [1.165, 1.54) is 11.3 Å². The van der Waals surface area contributed by atoms with Gasteiger partial charge in [0.05, 0.1) is 4.88 Å². The molecule has 0 aliphatic carbocycles. The number of carbonyl (C=O) groups is 3. The van der Waals surface area contributed by atoms with Crippen LogP contribution in [-0.4, -0.2) is 54.5 Å². The molecular formula is C19H28N4O3S. The Hall–Kier alpha value is -2.35. The number of piperidine rings is 1. The number of rotatable bonds is 7. The van der Waals surface area contributed by atoms with Gasteiger partial charge in [0.25, 0.3) is 5.91 Å². The highest BCUT2D eigenvalue weighted by Gasteiger charge is 2.34. The van der Waals surface area contributed by atoms with Gasteiger partial charge >= 0.3 is 6.03 Å². The standard InChI is InChI=1S/C19H28N4O3S/c1-4-9-20-18(25)16(22-17(24)15-6-5-12-27-15)14-7-10-23(11-8-14)19(26)21-13(2)3/h4-6,12-14,16H,1,7-11H2,2-3H3,(H,20,25)(H,21,26)(H,22,24)/t16-/m0/s1. The fraction of sp³-hybridized carbons (Fsp3) is 0.526. The number of likely N-dealkylation sites (tertiary alicyclic amines) is 1. The molecule has 3 N–H and O–H groups in total. The van der Waals surface area contributed by atoms with Crippen LogP contribution in [0.5, 0.6) is 0 Å². The van der Waals surface area contributed by atoms with Crippen LogP contribution >= 0.6 is 11.3 Å². The molecule has 0 saturated carbocycles. The Morgan fingerprint density at radius 1 is 1.30 bits per heavy atom. The quantitative estimate of drug-likeness (QED) is 0.620. The molecule has 8 heteroatoms. The van der Waals surface area contributed by atoms with Crippen molar-refractivity contribution in [3.8, 4) is 0 Å². The second kappa shape index (κ2) is 10.1. The molecule has 2 rings (SSSR count). The molecule has 0 aromatic carbocycles. The number of carbonyl (C=O) groups excluding carboxylic acids is 3. The number of nitrogens with zero attached hydrogens (tertiary/aromatic N) is 1. The van der Waals surface area contributed by atoms with Gasteiger partial charge in [-0.15, -0.1) is 17.9 Å². The zero-order chi connectivity index (χ0) is 19.8. The van der Waals surface area contributed by atoms with E-state index in [0.717, 1.165) is 0 Å². The minimum absolute atomic E-state index is 0.0261. The molecule has 1 saturated heterocycles. The maximum absolute atomic E-state index is 12.6.